The SMILES string of the molecule is CNC(=O)c1ncc(-c2cccc(CC(=O)NCCCOc3ccc4c(c3)C3(CCC(Nc5cccc(Cl)c5)(C(=O)O)CC3)C(C[C@@H](C)COc3ccnc5c3[C@H](C)CCC5)C4)c2)cn1. The Kier molecular flexibility index (Phi) is 14.0. The topological polar surface area (TPSA) is 165 Å². The number of nitrogens with zero attached hydrogens (tertiary/aromatic N) is 3. The molecular weight excluding hydrogens is 840 g/mol. The number of carbonyl (C=O) groups is 3. The lowest BCUT2D eigenvalue weighted by Gasteiger charge is -2.47. The quantitative estimate of drug-likeness (QED) is 0.0662. The lowest BCUT2D eigenvalue weighted by atomic mass is 9.59. The normalized spacial score (nSPS) is 21.4. The summed E-state index contributed by atoms with van der Waals surface area (Å²) in [5, 5.41) is 20.2. The zero-order chi connectivity index (χ0) is 45.6. The standard InChI is InChI=1S/C52H59ClN6O6/c1-33(32-65-45-16-22-55-44-13-4-8-34(2)47(44)45)24-39-27-37-14-15-42(29-43(37)51(39)17-19-52(20-18-51,50(62)63)59-41-12-6-11-40(53)28-41)64-23-7-21-56-46(60)26-35-9-5-10-36(25-35)38-30-57-48(58-31-38)49(61)54-3/h5-6,9-12,14-16,22,25,28-31,33-34,39,59H,4,7-8,13,17-21,23-24,26-27,32H2,1-3H3,(H,54,61)(H,56,60)(H,62,63)/t33-,34-,39?,51?,52?/m1/s1. The minimum Gasteiger partial charge on any atom is -0.494 e. The number of nitrogens with one attached hydrogen (secondary N) is 3. The highest BCUT2D eigenvalue weighted by Gasteiger charge is 2.54. The number of carboxylic acids is 1. The molecule has 1 fully saturated rings. The van der Waals surface area contributed by atoms with Crippen molar-refractivity contribution in [2.24, 2.45) is 11.8 Å². The molecular formula is C52H59ClN6O6. The predicted molar refractivity (Wildman–Crippen MR) is 252 cm³/mol. The highest BCUT2D eigenvalue weighted by atomic mass is 35.5. The monoisotopic (exact) mass is 898 g/mol. The molecule has 5 aromatic rings. The zero-order valence-corrected chi connectivity index (χ0v) is 38.3. The number of hydrogen-bond acceptors (Lipinski definition) is 9. The van der Waals surface area contributed by atoms with Crippen molar-refractivity contribution in [1.29, 1.82) is 0 Å². The summed E-state index contributed by atoms with van der Waals surface area (Å²) in [5.41, 5.74) is 6.80. The molecule has 3 aliphatic rings. The van der Waals surface area contributed by atoms with Crippen molar-refractivity contribution in [3.05, 3.63) is 130 Å². The van der Waals surface area contributed by atoms with Crippen LogP contribution in [-0.2, 0) is 34.3 Å². The third-order valence-corrected chi connectivity index (χ3v) is 14.1. The summed E-state index contributed by atoms with van der Waals surface area (Å²) in [6.45, 7) is 6.03. The molecule has 340 valence electrons. The summed E-state index contributed by atoms with van der Waals surface area (Å²) in [6, 6.07) is 23.4. The largest absolute Gasteiger partial charge is 0.494 e. The number of amides is 2. The average molecular weight is 900 g/mol. The molecule has 3 aromatic carbocycles. The summed E-state index contributed by atoms with van der Waals surface area (Å²) in [5.74, 6) is 1.53. The number of aliphatic carboxylic acids is 1. The van der Waals surface area contributed by atoms with Gasteiger partial charge in [-0.1, -0.05) is 61.8 Å². The van der Waals surface area contributed by atoms with Gasteiger partial charge in [-0.15, -0.1) is 0 Å². The van der Waals surface area contributed by atoms with Crippen molar-refractivity contribution in [3.63, 3.8) is 0 Å². The van der Waals surface area contributed by atoms with Crippen LogP contribution in [-0.4, -0.2) is 70.2 Å². The molecule has 2 heterocycles. The van der Waals surface area contributed by atoms with Gasteiger partial charge < -0.3 is 30.5 Å². The van der Waals surface area contributed by atoms with Crippen LogP contribution in [0.25, 0.3) is 11.1 Å². The van der Waals surface area contributed by atoms with E-state index in [0.29, 0.717) is 74.4 Å². The molecule has 1 saturated carbocycles. The van der Waals surface area contributed by atoms with Crippen molar-refractivity contribution in [2.75, 3.05) is 32.1 Å². The minimum absolute atomic E-state index is 0.0900. The van der Waals surface area contributed by atoms with Gasteiger partial charge in [0.25, 0.3) is 5.91 Å². The molecule has 1 unspecified atom stereocenters. The Labute approximate surface area is 386 Å². The highest BCUT2D eigenvalue weighted by molar-refractivity contribution is 6.30. The number of pyridine rings is 1. The van der Waals surface area contributed by atoms with Crippen molar-refractivity contribution in [3.8, 4) is 22.6 Å². The van der Waals surface area contributed by atoms with E-state index in [1.165, 1.54) is 23.7 Å². The molecule has 0 radical (unpaired) electrons. The van der Waals surface area contributed by atoms with Crippen LogP contribution < -0.4 is 25.4 Å². The molecule has 13 heteroatoms. The molecule has 65 heavy (non-hydrogen) atoms. The molecule has 2 amide bonds. The van der Waals surface area contributed by atoms with Gasteiger partial charge in [0, 0.05) is 59.7 Å². The average Bonchev–Trinajstić information content (AvgIpc) is 3.59. The Morgan fingerprint density at radius 3 is 2.51 bits per heavy atom. The maximum Gasteiger partial charge on any atom is 0.329 e. The maximum absolute atomic E-state index is 13.1. The number of fused-ring (bicyclic) bond motifs is 3. The molecule has 3 atom stereocenters. The van der Waals surface area contributed by atoms with E-state index in [-0.39, 0.29) is 35.4 Å². The van der Waals surface area contributed by atoms with E-state index in [2.05, 4.69) is 56.9 Å². The molecule has 2 aromatic heterocycles. The molecule has 0 saturated heterocycles. The number of rotatable bonds is 17. The number of carboxylic acid groups (broad SMARTS) is 1. The van der Waals surface area contributed by atoms with Gasteiger partial charge in [-0.2, -0.15) is 0 Å². The Bertz CT molecular complexity index is 2510. The molecule has 8 rings (SSSR count). The smallest absolute Gasteiger partial charge is 0.329 e. The van der Waals surface area contributed by atoms with E-state index in [4.69, 9.17) is 21.1 Å². The van der Waals surface area contributed by atoms with Crippen LogP contribution in [0.2, 0.25) is 5.02 Å². The first-order valence-electron chi connectivity index (χ1n) is 23.0. The number of ether oxygens (including phenoxy) is 2. The molecule has 1 spiro atoms. The van der Waals surface area contributed by atoms with Crippen molar-refractivity contribution >= 4 is 35.1 Å². The molecule has 4 N–H and O–H groups in total. The molecule has 12 nitrogen and oxygen atoms in total. The molecule has 0 aliphatic heterocycles. The zero-order valence-electron chi connectivity index (χ0n) is 37.5. The number of aromatic nitrogens is 3. The number of anilines is 1. The Balaban J connectivity index is 0.910. The fraction of sp³-hybridized carbons (Fsp3) is 0.423. The van der Waals surface area contributed by atoms with Gasteiger partial charge in [0.1, 0.15) is 17.0 Å². The molecule has 3 aliphatic carbocycles. The van der Waals surface area contributed by atoms with E-state index < -0.39 is 11.5 Å². The first-order chi connectivity index (χ1) is 31.4. The van der Waals surface area contributed by atoms with E-state index in [9.17, 15) is 19.5 Å². The van der Waals surface area contributed by atoms with E-state index in [1.807, 2.05) is 54.7 Å². The van der Waals surface area contributed by atoms with Gasteiger partial charge >= 0.3 is 5.97 Å². The van der Waals surface area contributed by atoms with Gasteiger partial charge in [-0.3, -0.25) is 14.6 Å². The van der Waals surface area contributed by atoms with E-state index >= 15 is 0 Å². The van der Waals surface area contributed by atoms with Gasteiger partial charge in [0.2, 0.25) is 11.7 Å². The van der Waals surface area contributed by atoms with Gasteiger partial charge in [0.15, 0.2) is 0 Å². The van der Waals surface area contributed by atoms with E-state index in [1.54, 1.807) is 24.5 Å². The highest BCUT2D eigenvalue weighted by Crippen LogP contribution is 2.57. The third-order valence-electron chi connectivity index (χ3n) is 13.9. The van der Waals surface area contributed by atoms with Crippen molar-refractivity contribution in [1.82, 2.24) is 25.6 Å². The maximum atomic E-state index is 13.1. The second kappa shape index (κ2) is 20.0. The second-order valence-electron chi connectivity index (χ2n) is 18.3. The minimum atomic E-state index is -1.12. The Morgan fingerprint density at radius 2 is 1.74 bits per heavy atom. The van der Waals surface area contributed by atoms with Crippen LogP contribution in [0.15, 0.2) is 91.4 Å². The van der Waals surface area contributed by atoms with Crippen molar-refractivity contribution < 1.29 is 29.0 Å². The van der Waals surface area contributed by atoms with Crippen LogP contribution in [0.5, 0.6) is 11.5 Å². The summed E-state index contributed by atoms with van der Waals surface area (Å²) in [7, 11) is 1.53. The van der Waals surface area contributed by atoms with Crippen LogP contribution in [0.3, 0.4) is 0 Å². The van der Waals surface area contributed by atoms with Crippen LogP contribution in [0.1, 0.15) is 110 Å². The first kappa shape index (κ1) is 45.6. The fourth-order valence-electron chi connectivity index (χ4n) is 10.5. The van der Waals surface area contributed by atoms with Gasteiger partial charge in [-0.25, -0.2) is 14.8 Å². The number of carbonyl (C=O) groups excluding carboxylic acids is 2. The lowest BCUT2D eigenvalue weighted by Crippen LogP contribution is -2.53. The predicted octanol–water partition coefficient (Wildman–Crippen LogP) is 9.14. The van der Waals surface area contributed by atoms with Crippen LogP contribution >= 0.6 is 11.6 Å². The number of benzene rings is 3. The fourth-order valence-corrected chi connectivity index (χ4v) is 10.7. The van der Waals surface area contributed by atoms with Gasteiger partial charge in [0.05, 0.1) is 19.6 Å². The molecule has 0 bridgehead atoms. The Morgan fingerprint density at radius 1 is 0.938 bits per heavy atom. The van der Waals surface area contributed by atoms with E-state index in [0.717, 1.165) is 66.0 Å². The van der Waals surface area contributed by atoms with Crippen LogP contribution in [0.4, 0.5) is 5.69 Å². The lowest BCUT2D eigenvalue weighted by molar-refractivity contribution is -0.144. The second-order valence-corrected chi connectivity index (χ2v) is 18.8. The van der Waals surface area contributed by atoms with Crippen molar-refractivity contribution in [2.45, 2.75) is 101 Å². The Hall–Kier alpha value is -6.01. The summed E-state index contributed by atoms with van der Waals surface area (Å²) < 4.78 is 13.0. The number of hydrogen-bond donors (Lipinski definition) is 4. The summed E-state index contributed by atoms with van der Waals surface area (Å²) >= 11 is 6.32. The van der Waals surface area contributed by atoms with Gasteiger partial charge in [-0.05, 0) is 146 Å². The third kappa shape index (κ3) is 10.3. The van der Waals surface area contributed by atoms with Crippen LogP contribution in [0, 0.1) is 11.8 Å². The number of halogens is 1. The number of aryl methyl sites for hydroxylation is 1. The summed E-state index contributed by atoms with van der Waals surface area (Å²) in [4.78, 5) is 50.9. The first-order valence-corrected chi connectivity index (χ1v) is 23.4. The summed E-state index contributed by atoms with van der Waals surface area (Å²) in [6.07, 6.45) is 13.4.